The number of halogens is 2. The van der Waals surface area contributed by atoms with Crippen molar-refractivity contribution in [2.24, 2.45) is 0 Å². The lowest BCUT2D eigenvalue weighted by atomic mass is 10.2. The van der Waals surface area contributed by atoms with E-state index in [0.29, 0.717) is 6.54 Å². The van der Waals surface area contributed by atoms with Crippen molar-refractivity contribution in [2.75, 3.05) is 0 Å². The lowest BCUT2D eigenvalue weighted by Gasteiger charge is -2.09. The van der Waals surface area contributed by atoms with Gasteiger partial charge in [-0.3, -0.25) is 4.68 Å². The minimum atomic E-state index is -3.82. The van der Waals surface area contributed by atoms with Gasteiger partial charge in [-0.05, 0) is 37.6 Å². The molecular formula is C19H19ClFN3O2S. The van der Waals surface area contributed by atoms with Crippen molar-refractivity contribution in [3.63, 3.8) is 0 Å². The second kappa shape index (κ2) is 7.80. The fraction of sp³-hybridized carbons (Fsp3) is 0.211. The predicted molar refractivity (Wildman–Crippen MR) is 103 cm³/mol. The molecule has 5 nitrogen and oxygen atoms in total. The van der Waals surface area contributed by atoms with Crippen molar-refractivity contribution in [2.45, 2.75) is 31.8 Å². The third kappa shape index (κ3) is 4.37. The van der Waals surface area contributed by atoms with Crippen LogP contribution in [0.1, 0.15) is 22.5 Å². The van der Waals surface area contributed by atoms with E-state index in [4.69, 9.17) is 11.6 Å². The molecule has 1 N–H and O–H groups in total. The van der Waals surface area contributed by atoms with E-state index in [1.54, 1.807) is 0 Å². The van der Waals surface area contributed by atoms with Crippen LogP contribution in [0.4, 0.5) is 4.39 Å². The van der Waals surface area contributed by atoms with E-state index in [1.807, 2.05) is 48.9 Å². The SMILES string of the molecule is Cc1nn(Cc2ccccc2)c(C)c1CNS(=O)(=O)c1ccc(F)c(Cl)c1. The summed E-state index contributed by atoms with van der Waals surface area (Å²) in [6.45, 7) is 4.44. The summed E-state index contributed by atoms with van der Waals surface area (Å²) in [5, 5.41) is 4.28. The molecule has 0 bridgehead atoms. The van der Waals surface area contributed by atoms with E-state index in [-0.39, 0.29) is 16.5 Å². The fourth-order valence-electron chi connectivity index (χ4n) is 2.79. The molecule has 0 spiro atoms. The van der Waals surface area contributed by atoms with Crippen molar-refractivity contribution in [3.05, 3.63) is 81.9 Å². The maximum Gasteiger partial charge on any atom is 0.240 e. The molecule has 142 valence electrons. The molecule has 0 unspecified atom stereocenters. The molecule has 0 radical (unpaired) electrons. The summed E-state index contributed by atoms with van der Waals surface area (Å²) in [5.41, 5.74) is 3.55. The van der Waals surface area contributed by atoms with Gasteiger partial charge in [-0.1, -0.05) is 41.9 Å². The Morgan fingerprint density at radius 1 is 1.15 bits per heavy atom. The van der Waals surface area contributed by atoms with Gasteiger partial charge in [-0.15, -0.1) is 0 Å². The maximum absolute atomic E-state index is 13.3. The van der Waals surface area contributed by atoms with Gasteiger partial charge in [0.05, 0.1) is 22.2 Å². The number of benzene rings is 2. The Morgan fingerprint density at radius 2 is 1.85 bits per heavy atom. The van der Waals surface area contributed by atoms with E-state index < -0.39 is 15.8 Å². The lowest BCUT2D eigenvalue weighted by molar-refractivity contribution is 0.580. The number of sulfonamides is 1. The fourth-order valence-corrected chi connectivity index (χ4v) is 4.06. The molecular weight excluding hydrogens is 389 g/mol. The average Bonchev–Trinajstić information content (AvgIpc) is 2.89. The first kappa shape index (κ1) is 19.5. The Balaban J connectivity index is 1.78. The van der Waals surface area contributed by atoms with Gasteiger partial charge in [-0.25, -0.2) is 17.5 Å². The van der Waals surface area contributed by atoms with Gasteiger partial charge in [0, 0.05) is 17.8 Å². The predicted octanol–water partition coefficient (Wildman–Crippen LogP) is 3.82. The highest BCUT2D eigenvalue weighted by Gasteiger charge is 2.18. The Labute approximate surface area is 162 Å². The van der Waals surface area contributed by atoms with Crippen LogP contribution in [0.5, 0.6) is 0 Å². The first-order valence-corrected chi connectivity index (χ1v) is 10.2. The monoisotopic (exact) mass is 407 g/mol. The number of hydrogen-bond donors (Lipinski definition) is 1. The van der Waals surface area contributed by atoms with Crippen molar-refractivity contribution in [3.8, 4) is 0 Å². The third-order valence-electron chi connectivity index (χ3n) is 4.35. The number of rotatable bonds is 6. The van der Waals surface area contributed by atoms with Crippen LogP contribution in [0.2, 0.25) is 5.02 Å². The van der Waals surface area contributed by atoms with Gasteiger partial charge in [0.2, 0.25) is 10.0 Å². The zero-order valence-corrected chi connectivity index (χ0v) is 16.5. The minimum absolute atomic E-state index is 0.0825. The number of nitrogens with one attached hydrogen (secondary N) is 1. The van der Waals surface area contributed by atoms with Gasteiger partial charge in [-0.2, -0.15) is 5.10 Å². The molecule has 8 heteroatoms. The van der Waals surface area contributed by atoms with Crippen molar-refractivity contribution in [1.29, 1.82) is 0 Å². The number of nitrogens with zero attached hydrogens (tertiary/aromatic N) is 2. The standard InChI is InChI=1S/C19H19ClFN3O2S/c1-13-17(14(2)24(23-13)12-15-6-4-3-5-7-15)11-22-27(25,26)16-8-9-19(21)18(20)10-16/h3-10,22H,11-12H2,1-2H3. The van der Waals surface area contributed by atoms with Gasteiger partial charge in [0.1, 0.15) is 5.82 Å². The largest absolute Gasteiger partial charge is 0.265 e. The van der Waals surface area contributed by atoms with Crippen LogP contribution in [0.15, 0.2) is 53.4 Å². The highest BCUT2D eigenvalue weighted by Crippen LogP contribution is 2.20. The van der Waals surface area contributed by atoms with E-state index in [0.717, 1.165) is 34.6 Å². The van der Waals surface area contributed by atoms with E-state index >= 15 is 0 Å². The number of hydrogen-bond acceptors (Lipinski definition) is 3. The van der Waals surface area contributed by atoms with Crippen LogP contribution >= 0.6 is 11.6 Å². The number of aromatic nitrogens is 2. The first-order valence-electron chi connectivity index (χ1n) is 8.29. The highest BCUT2D eigenvalue weighted by atomic mass is 35.5. The minimum Gasteiger partial charge on any atom is -0.265 e. The summed E-state index contributed by atoms with van der Waals surface area (Å²) in [5.74, 6) is -0.663. The Bertz CT molecular complexity index is 1070. The van der Waals surface area contributed by atoms with Crippen molar-refractivity contribution in [1.82, 2.24) is 14.5 Å². The molecule has 0 aliphatic rings. The van der Waals surface area contributed by atoms with E-state index in [2.05, 4.69) is 9.82 Å². The summed E-state index contributed by atoms with van der Waals surface area (Å²) in [6, 6.07) is 13.2. The Morgan fingerprint density at radius 3 is 2.52 bits per heavy atom. The molecule has 0 saturated carbocycles. The van der Waals surface area contributed by atoms with Crippen LogP contribution in [-0.2, 0) is 23.1 Å². The number of aryl methyl sites for hydroxylation is 1. The van der Waals surface area contributed by atoms with Crippen molar-refractivity contribution >= 4 is 21.6 Å². The lowest BCUT2D eigenvalue weighted by Crippen LogP contribution is -2.24. The molecule has 27 heavy (non-hydrogen) atoms. The van der Waals surface area contributed by atoms with E-state index in [1.165, 1.54) is 6.07 Å². The molecule has 1 aromatic heterocycles. The second-order valence-electron chi connectivity index (χ2n) is 6.19. The Hall–Kier alpha value is -2.22. The van der Waals surface area contributed by atoms with Gasteiger partial charge < -0.3 is 0 Å². The highest BCUT2D eigenvalue weighted by molar-refractivity contribution is 7.89. The molecule has 3 rings (SSSR count). The summed E-state index contributed by atoms with van der Waals surface area (Å²) in [6.07, 6.45) is 0. The Kier molecular flexibility index (Phi) is 5.64. The molecule has 0 aliphatic heterocycles. The quantitative estimate of drug-likeness (QED) is 0.675. The normalized spacial score (nSPS) is 11.7. The molecule has 0 fully saturated rings. The summed E-state index contributed by atoms with van der Waals surface area (Å²) < 4.78 is 42.6. The first-order chi connectivity index (χ1) is 12.8. The molecule has 2 aromatic carbocycles. The molecule has 3 aromatic rings. The topological polar surface area (TPSA) is 64.0 Å². The van der Waals surface area contributed by atoms with E-state index in [9.17, 15) is 12.8 Å². The van der Waals surface area contributed by atoms with Gasteiger partial charge in [0.15, 0.2) is 0 Å². The van der Waals surface area contributed by atoms with Crippen LogP contribution in [0.3, 0.4) is 0 Å². The zero-order valence-electron chi connectivity index (χ0n) is 14.9. The summed E-state index contributed by atoms with van der Waals surface area (Å²) >= 11 is 5.69. The second-order valence-corrected chi connectivity index (χ2v) is 8.37. The summed E-state index contributed by atoms with van der Waals surface area (Å²) in [7, 11) is -3.82. The molecule has 0 amide bonds. The summed E-state index contributed by atoms with van der Waals surface area (Å²) in [4.78, 5) is -0.0825. The van der Waals surface area contributed by atoms with Gasteiger partial charge in [0.25, 0.3) is 0 Å². The van der Waals surface area contributed by atoms with Crippen molar-refractivity contribution < 1.29 is 12.8 Å². The van der Waals surface area contributed by atoms with Crippen LogP contribution in [0.25, 0.3) is 0 Å². The molecule has 0 atom stereocenters. The van der Waals surface area contributed by atoms with Crippen LogP contribution < -0.4 is 4.72 Å². The average molecular weight is 408 g/mol. The molecule has 0 aliphatic carbocycles. The zero-order chi connectivity index (χ0) is 19.6. The van der Waals surface area contributed by atoms with Gasteiger partial charge >= 0.3 is 0 Å². The smallest absolute Gasteiger partial charge is 0.240 e. The van der Waals surface area contributed by atoms with Crippen LogP contribution in [-0.4, -0.2) is 18.2 Å². The third-order valence-corrected chi connectivity index (χ3v) is 6.04. The molecule has 0 saturated heterocycles. The molecule has 1 heterocycles. The van der Waals surface area contributed by atoms with Crippen LogP contribution in [0, 0.1) is 19.7 Å². The maximum atomic E-state index is 13.3.